The second-order valence-corrected chi connectivity index (χ2v) is 7.43. The van der Waals surface area contributed by atoms with Crippen molar-refractivity contribution < 1.29 is 17.6 Å². The van der Waals surface area contributed by atoms with E-state index in [9.17, 15) is 17.6 Å². The predicted octanol–water partition coefficient (Wildman–Crippen LogP) is 3.75. The van der Waals surface area contributed by atoms with Gasteiger partial charge in [0.05, 0.1) is 27.8 Å². The molecule has 1 amide bonds. The number of carbonyl (C=O) groups excluding carboxylic acids is 1. The van der Waals surface area contributed by atoms with Gasteiger partial charge in [-0.15, -0.1) is 0 Å². The SMILES string of the molecule is N#Cc1ccc(S(=O)(=O)Nc2ccccc2C(=O)Nc2ccc(F)cc2)cc1. The molecule has 6 nitrogen and oxygen atoms in total. The zero-order valence-electron chi connectivity index (χ0n) is 14.4. The number of nitrogens with zero attached hydrogens (tertiary/aromatic N) is 1. The third-order valence-electron chi connectivity index (χ3n) is 3.81. The molecule has 0 saturated carbocycles. The number of hydrogen-bond acceptors (Lipinski definition) is 4. The van der Waals surface area contributed by atoms with Crippen LogP contribution in [0, 0.1) is 17.1 Å². The highest BCUT2D eigenvalue weighted by atomic mass is 32.2. The molecule has 3 aromatic carbocycles. The van der Waals surface area contributed by atoms with Crippen molar-refractivity contribution in [3.05, 3.63) is 89.7 Å². The highest BCUT2D eigenvalue weighted by Crippen LogP contribution is 2.22. The van der Waals surface area contributed by atoms with Crippen molar-refractivity contribution in [2.45, 2.75) is 4.90 Å². The number of carbonyl (C=O) groups is 1. The van der Waals surface area contributed by atoms with Crippen molar-refractivity contribution in [3.63, 3.8) is 0 Å². The minimum Gasteiger partial charge on any atom is -0.322 e. The Hall–Kier alpha value is -3.70. The van der Waals surface area contributed by atoms with Gasteiger partial charge in [0.1, 0.15) is 5.82 Å². The van der Waals surface area contributed by atoms with E-state index in [1.807, 2.05) is 6.07 Å². The minimum absolute atomic E-state index is 0.0414. The first kappa shape index (κ1) is 19.1. The average Bonchev–Trinajstić information content (AvgIpc) is 2.70. The molecule has 3 rings (SSSR count). The molecule has 0 heterocycles. The van der Waals surface area contributed by atoms with E-state index in [4.69, 9.17) is 5.26 Å². The highest BCUT2D eigenvalue weighted by molar-refractivity contribution is 7.92. The van der Waals surface area contributed by atoms with Gasteiger partial charge in [-0.25, -0.2) is 12.8 Å². The number of para-hydroxylation sites is 1. The normalized spacial score (nSPS) is 10.7. The van der Waals surface area contributed by atoms with E-state index in [2.05, 4.69) is 10.0 Å². The lowest BCUT2D eigenvalue weighted by atomic mass is 10.1. The number of nitriles is 1. The topological polar surface area (TPSA) is 99.1 Å². The summed E-state index contributed by atoms with van der Waals surface area (Å²) in [5.74, 6) is -0.988. The van der Waals surface area contributed by atoms with Crippen LogP contribution in [0.2, 0.25) is 0 Å². The average molecular weight is 395 g/mol. The first-order chi connectivity index (χ1) is 13.4. The number of nitrogens with one attached hydrogen (secondary N) is 2. The number of amides is 1. The van der Waals surface area contributed by atoms with Crippen LogP contribution < -0.4 is 10.0 Å². The Kier molecular flexibility index (Phi) is 5.38. The molecule has 2 N–H and O–H groups in total. The van der Waals surface area contributed by atoms with Crippen molar-refractivity contribution in [1.82, 2.24) is 0 Å². The summed E-state index contributed by atoms with van der Waals surface area (Å²) in [6.45, 7) is 0. The molecule has 0 unspecified atom stereocenters. The van der Waals surface area contributed by atoms with Crippen LogP contribution in [0.4, 0.5) is 15.8 Å². The number of benzene rings is 3. The molecule has 3 aromatic rings. The fourth-order valence-corrected chi connectivity index (χ4v) is 3.49. The van der Waals surface area contributed by atoms with Crippen molar-refractivity contribution in [3.8, 4) is 6.07 Å². The van der Waals surface area contributed by atoms with Crippen molar-refractivity contribution in [2.24, 2.45) is 0 Å². The second kappa shape index (κ2) is 7.90. The molecule has 0 fully saturated rings. The lowest BCUT2D eigenvalue weighted by Gasteiger charge is -2.13. The standard InChI is InChI=1S/C20H14FN3O3S/c21-15-7-9-16(10-8-15)23-20(25)18-3-1-2-4-19(18)24-28(26,27)17-11-5-14(13-22)6-12-17/h1-12,24H,(H,23,25). The van der Waals surface area contributed by atoms with Gasteiger partial charge in [0.25, 0.3) is 15.9 Å². The first-order valence-corrected chi connectivity index (χ1v) is 9.56. The van der Waals surface area contributed by atoms with E-state index >= 15 is 0 Å². The Morgan fingerprint density at radius 2 is 1.57 bits per heavy atom. The van der Waals surface area contributed by atoms with E-state index in [0.717, 1.165) is 0 Å². The zero-order chi connectivity index (χ0) is 20.1. The van der Waals surface area contributed by atoms with Gasteiger partial charge < -0.3 is 5.32 Å². The van der Waals surface area contributed by atoms with E-state index in [0.29, 0.717) is 11.3 Å². The molecule has 0 aliphatic rings. The monoisotopic (exact) mass is 395 g/mol. The number of halogens is 1. The number of anilines is 2. The molecule has 0 radical (unpaired) electrons. The number of sulfonamides is 1. The van der Waals surface area contributed by atoms with Gasteiger partial charge in [-0.05, 0) is 60.7 Å². The zero-order valence-corrected chi connectivity index (χ0v) is 15.2. The van der Waals surface area contributed by atoms with Crippen LogP contribution in [0.15, 0.2) is 77.7 Å². The second-order valence-electron chi connectivity index (χ2n) is 5.75. The summed E-state index contributed by atoms with van der Waals surface area (Å²) in [5, 5.41) is 11.4. The quantitative estimate of drug-likeness (QED) is 0.687. The van der Waals surface area contributed by atoms with Gasteiger partial charge in [-0.2, -0.15) is 5.26 Å². The molecule has 0 bridgehead atoms. The molecule has 8 heteroatoms. The minimum atomic E-state index is -3.96. The highest BCUT2D eigenvalue weighted by Gasteiger charge is 2.18. The Balaban J connectivity index is 1.86. The van der Waals surface area contributed by atoms with Gasteiger partial charge >= 0.3 is 0 Å². The van der Waals surface area contributed by atoms with Crippen LogP contribution in [0.5, 0.6) is 0 Å². The van der Waals surface area contributed by atoms with Gasteiger partial charge in [0.15, 0.2) is 0 Å². The number of hydrogen-bond donors (Lipinski definition) is 2. The molecule has 140 valence electrons. The van der Waals surface area contributed by atoms with Crippen LogP contribution in [-0.2, 0) is 10.0 Å². The molecule has 28 heavy (non-hydrogen) atoms. The summed E-state index contributed by atoms with van der Waals surface area (Å²) in [6, 6.07) is 18.6. The third kappa shape index (κ3) is 4.34. The molecular formula is C20H14FN3O3S. The maximum Gasteiger partial charge on any atom is 0.261 e. The number of rotatable bonds is 5. The maximum atomic E-state index is 13.0. The molecule has 0 saturated heterocycles. The summed E-state index contributed by atoms with van der Waals surface area (Å²) < 4.78 is 40.6. The lowest BCUT2D eigenvalue weighted by Crippen LogP contribution is -2.18. The van der Waals surface area contributed by atoms with E-state index < -0.39 is 21.7 Å². The smallest absolute Gasteiger partial charge is 0.261 e. The van der Waals surface area contributed by atoms with Crippen LogP contribution in [-0.4, -0.2) is 14.3 Å². The van der Waals surface area contributed by atoms with Crippen LogP contribution in [0.25, 0.3) is 0 Å². The van der Waals surface area contributed by atoms with Gasteiger partial charge in [0, 0.05) is 5.69 Å². The van der Waals surface area contributed by atoms with Gasteiger partial charge in [0.2, 0.25) is 0 Å². The molecule has 0 atom stereocenters. The summed E-state index contributed by atoms with van der Waals surface area (Å²) in [5.41, 5.74) is 0.893. The Bertz CT molecular complexity index is 1150. The molecular weight excluding hydrogens is 381 g/mol. The van der Waals surface area contributed by atoms with Crippen LogP contribution >= 0.6 is 0 Å². The molecule has 0 aliphatic carbocycles. The Morgan fingerprint density at radius 1 is 0.929 bits per heavy atom. The van der Waals surface area contributed by atoms with E-state index in [-0.39, 0.29) is 16.1 Å². The molecule has 0 spiro atoms. The van der Waals surface area contributed by atoms with E-state index in [1.54, 1.807) is 12.1 Å². The van der Waals surface area contributed by atoms with Crippen molar-refractivity contribution in [2.75, 3.05) is 10.0 Å². The fourth-order valence-electron chi connectivity index (χ4n) is 2.41. The van der Waals surface area contributed by atoms with Crippen molar-refractivity contribution in [1.29, 1.82) is 5.26 Å². The maximum absolute atomic E-state index is 13.0. The van der Waals surface area contributed by atoms with Crippen molar-refractivity contribution >= 4 is 27.3 Å². The predicted molar refractivity (Wildman–Crippen MR) is 103 cm³/mol. The lowest BCUT2D eigenvalue weighted by molar-refractivity contribution is 0.102. The van der Waals surface area contributed by atoms with Crippen LogP contribution in [0.3, 0.4) is 0 Å². The Labute approximate surface area is 161 Å². The summed E-state index contributed by atoms with van der Waals surface area (Å²) in [7, 11) is -3.96. The Morgan fingerprint density at radius 3 is 2.21 bits per heavy atom. The fraction of sp³-hybridized carbons (Fsp3) is 0. The summed E-state index contributed by atoms with van der Waals surface area (Å²) >= 11 is 0. The summed E-state index contributed by atoms with van der Waals surface area (Å²) in [4.78, 5) is 12.5. The third-order valence-corrected chi connectivity index (χ3v) is 5.19. The summed E-state index contributed by atoms with van der Waals surface area (Å²) in [6.07, 6.45) is 0. The molecule has 0 aliphatic heterocycles. The van der Waals surface area contributed by atoms with Gasteiger partial charge in [-0.3, -0.25) is 9.52 Å². The van der Waals surface area contributed by atoms with E-state index in [1.165, 1.54) is 60.7 Å². The molecule has 0 aromatic heterocycles. The van der Waals surface area contributed by atoms with Gasteiger partial charge in [-0.1, -0.05) is 12.1 Å². The first-order valence-electron chi connectivity index (χ1n) is 8.08. The van der Waals surface area contributed by atoms with Crippen LogP contribution in [0.1, 0.15) is 15.9 Å². The largest absolute Gasteiger partial charge is 0.322 e.